The number of hydrogen-bond donors (Lipinski definition) is 1. The highest BCUT2D eigenvalue weighted by Crippen LogP contribution is 2.23. The number of amides is 1. The molecule has 1 saturated carbocycles. The fourth-order valence-electron chi connectivity index (χ4n) is 2.38. The smallest absolute Gasteiger partial charge is 0.316 e. The zero-order valence-corrected chi connectivity index (χ0v) is 13.1. The van der Waals surface area contributed by atoms with Crippen molar-refractivity contribution < 1.29 is 14.3 Å². The number of benzene rings is 1. The molecule has 114 valence electrons. The molecule has 0 spiro atoms. The summed E-state index contributed by atoms with van der Waals surface area (Å²) in [6.45, 7) is 1.48. The third-order valence-electron chi connectivity index (χ3n) is 3.38. The van der Waals surface area contributed by atoms with Gasteiger partial charge >= 0.3 is 5.97 Å². The van der Waals surface area contributed by atoms with Crippen molar-refractivity contribution in [3.8, 4) is 0 Å². The summed E-state index contributed by atoms with van der Waals surface area (Å²) in [5.41, 5.74) is 0.761. The van der Waals surface area contributed by atoms with E-state index in [1.54, 1.807) is 0 Å². The molecular formula is C16H21NO3S. The van der Waals surface area contributed by atoms with E-state index in [4.69, 9.17) is 4.74 Å². The van der Waals surface area contributed by atoms with Gasteiger partial charge in [0.2, 0.25) is 5.91 Å². The van der Waals surface area contributed by atoms with Gasteiger partial charge in [-0.2, -0.15) is 0 Å². The van der Waals surface area contributed by atoms with Gasteiger partial charge in [-0.15, -0.1) is 11.8 Å². The van der Waals surface area contributed by atoms with Crippen molar-refractivity contribution in [2.45, 2.75) is 50.0 Å². The van der Waals surface area contributed by atoms with Crippen molar-refractivity contribution in [1.82, 2.24) is 0 Å². The Morgan fingerprint density at radius 1 is 1.19 bits per heavy atom. The Balaban J connectivity index is 1.74. The minimum atomic E-state index is -0.141. The predicted molar refractivity (Wildman–Crippen MR) is 84.4 cm³/mol. The SMILES string of the molecule is CC(=O)Nc1ccc(SCC(=O)OC2CCCCC2)cc1. The summed E-state index contributed by atoms with van der Waals surface area (Å²) in [6, 6.07) is 7.44. The number of carbonyl (C=O) groups is 2. The largest absolute Gasteiger partial charge is 0.462 e. The van der Waals surface area contributed by atoms with Gasteiger partial charge in [-0.1, -0.05) is 6.42 Å². The fraction of sp³-hybridized carbons (Fsp3) is 0.500. The van der Waals surface area contributed by atoms with Gasteiger partial charge in [0.25, 0.3) is 0 Å². The van der Waals surface area contributed by atoms with Crippen molar-refractivity contribution in [2.24, 2.45) is 0 Å². The molecule has 1 aromatic rings. The average molecular weight is 307 g/mol. The third-order valence-corrected chi connectivity index (χ3v) is 4.37. The first-order valence-corrected chi connectivity index (χ1v) is 8.32. The number of ether oxygens (including phenoxy) is 1. The fourth-order valence-corrected chi connectivity index (χ4v) is 3.06. The molecule has 0 unspecified atom stereocenters. The monoisotopic (exact) mass is 307 g/mol. The van der Waals surface area contributed by atoms with Gasteiger partial charge in [-0.3, -0.25) is 9.59 Å². The van der Waals surface area contributed by atoms with Gasteiger partial charge in [0.05, 0.1) is 5.75 Å². The summed E-state index contributed by atoms with van der Waals surface area (Å²) in [4.78, 5) is 23.7. The molecule has 21 heavy (non-hydrogen) atoms. The van der Waals surface area contributed by atoms with Gasteiger partial charge in [0.15, 0.2) is 0 Å². The van der Waals surface area contributed by atoms with Crippen LogP contribution in [0.2, 0.25) is 0 Å². The molecule has 1 aliphatic carbocycles. The number of thioether (sulfide) groups is 1. The zero-order chi connectivity index (χ0) is 15.1. The molecule has 0 aromatic heterocycles. The van der Waals surface area contributed by atoms with Crippen molar-refractivity contribution in [3.05, 3.63) is 24.3 Å². The maximum Gasteiger partial charge on any atom is 0.316 e. The predicted octanol–water partition coefficient (Wildman–Crippen LogP) is 3.61. The first-order chi connectivity index (χ1) is 10.1. The Hall–Kier alpha value is -1.49. The summed E-state index contributed by atoms with van der Waals surface area (Å²) in [5.74, 6) is 0.0972. The van der Waals surface area contributed by atoms with Crippen LogP contribution < -0.4 is 5.32 Å². The Morgan fingerprint density at radius 3 is 2.48 bits per heavy atom. The molecule has 4 nitrogen and oxygen atoms in total. The number of nitrogens with one attached hydrogen (secondary N) is 1. The number of carbonyl (C=O) groups excluding carboxylic acids is 2. The molecule has 1 N–H and O–H groups in total. The van der Waals surface area contributed by atoms with Gasteiger partial charge < -0.3 is 10.1 Å². The summed E-state index contributed by atoms with van der Waals surface area (Å²) in [6.07, 6.45) is 5.70. The molecule has 0 atom stereocenters. The number of anilines is 1. The second-order valence-corrected chi connectivity index (χ2v) is 6.29. The van der Waals surface area contributed by atoms with Crippen LogP contribution in [0, 0.1) is 0 Å². The lowest BCUT2D eigenvalue weighted by molar-refractivity contribution is -0.147. The highest BCUT2D eigenvalue weighted by molar-refractivity contribution is 8.00. The molecule has 0 heterocycles. The van der Waals surface area contributed by atoms with Crippen LogP contribution in [0.1, 0.15) is 39.0 Å². The van der Waals surface area contributed by atoms with Gasteiger partial charge in [-0.25, -0.2) is 0 Å². The third kappa shape index (κ3) is 5.79. The highest BCUT2D eigenvalue weighted by Gasteiger charge is 2.17. The quantitative estimate of drug-likeness (QED) is 0.667. The Morgan fingerprint density at radius 2 is 1.86 bits per heavy atom. The zero-order valence-electron chi connectivity index (χ0n) is 12.3. The first-order valence-electron chi connectivity index (χ1n) is 7.33. The second-order valence-electron chi connectivity index (χ2n) is 5.24. The van der Waals surface area contributed by atoms with Crippen molar-refractivity contribution in [1.29, 1.82) is 0 Å². The molecule has 0 radical (unpaired) electrons. The van der Waals surface area contributed by atoms with E-state index in [1.165, 1.54) is 25.1 Å². The standard InChI is InChI=1S/C16H21NO3S/c1-12(18)17-13-7-9-15(10-8-13)21-11-16(19)20-14-5-3-2-4-6-14/h7-10,14H,2-6,11H2,1H3,(H,17,18). The molecule has 1 aromatic carbocycles. The summed E-state index contributed by atoms with van der Waals surface area (Å²) in [7, 11) is 0. The topological polar surface area (TPSA) is 55.4 Å². The lowest BCUT2D eigenvalue weighted by Crippen LogP contribution is -2.21. The number of esters is 1. The van der Waals surface area contributed by atoms with Gasteiger partial charge in [-0.05, 0) is 49.9 Å². The van der Waals surface area contributed by atoms with Crippen LogP contribution in [0.25, 0.3) is 0 Å². The molecule has 5 heteroatoms. The first kappa shape index (κ1) is 15.9. The van der Waals surface area contributed by atoms with E-state index < -0.39 is 0 Å². The summed E-state index contributed by atoms with van der Waals surface area (Å²) in [5, 5.41) is 2.71. The van der Waals surface area contributed by atoms with E-state index >= 15 is 0 Å². The van der Waals surface area contributed by atoms with Gasteiger partial charge in [0.1, 0.15) is 6.10 Å². The minimum Gasteiger partial charge on any atom is -0.462 e. The highest BCUT2D eigenvalue weighted by atomic mass is 32.2. The van der Waals surface area contributed by atoms with E-state index in [2.05, 4.69) is 5.32 Å². The van der Waals surface area contributed by atoms with E-state index in [0.717, 1.165) is 36.3 Å². The lowest BCUT2D eigenvalue weighted by Gasteiger charge is -2.21. The Kier molecular flexibility index (Phi) is 6.11. The van der Waals surface area contributed by atoms with E-state index in [9.17, 15) is 9.59 Å². The van der Waals surface area contributed by atoms with Crippen LogP contribution in [0.4, 0.5) is 5.69 Å². The van der Waals surface area contributed by atoms with Crippen LogP contribution in [0.3, 0.4) is 0 Å². The number of rotatable bonds is 5. The van der Waals surface area contributed by atoms with Crippen LogP contribution in [-0.4, -0.2) is 23.7 Å². The molecule has 1 fully saturated rings. The molecule has 0 aliphatic heterocycles. The van der Waals surface area contributed by atoms with Crippen LogP contribution >= 0.6 is 11.8 Å². The lowest BCUT2D eigenvalue weighted by atomic mass is 9.98. The molecule has 0 saturated heterocycles. The van der Waals surface area contributed by atoms with Crippen LogP contribution in [0.15, 0.2) is 29.2 Å². The normalized spacial score (nSPS) is 15.5. The molecule has 2 rings (SSSR count). The van der Waals surface area contributed by atoms with Crippen molar-refractivity contribution in [2.75, 3.05) is 11.1 Å². The van der Waals surface area contributed by atoms with Crippen LogP contribution in [-0.2, 0) is 14.3 Å². The minimum absolute atomic E-state index is 0.0912. The number of hydrogen-bond acceptors (Lipinski definition) is 4. The molecule has 1 amide bonds. The van der Waals surface area contributed by atoms with Crippen molar-refractivity contribution >= 4 is 29.3 Å². The maximum atomic E-state index is 11.8. The maximum absolute atomic E-state index is 11.8. The van der Waals surface area contributed by atoms with Crippen molar-refractivity contribution in [3.63, 3.8) is 0 Å². The Bertz CT molecular complexity index is 481. The Labute approximate surface area is 129 Å². The summed E-state index contributed by atoms with van der Waals surface area (Å²) >= 11 is 1.46. The molecule has 1 aliphatic rings. The second kappa shape index (κ2) is 8.08. The van der Waals surface area contributed by atoms with Crippen LogP contribution in [0.5, 0.6) is 0 Å². The summed E-state index contributed by atoms with van der Waals surface area (Å²) < 4.78 is 5.47. The van der Waals surface area contributed by atoms with Gasteiger partial charge in [0, 0.05) is 17.5 Å². The molecule has 0 bridgehead atoms. The van der Waals surface area contributed by atoms with E-state index in [1.807, 2.05) is 24.3 Å². The average Bonchev–Trinajstić information content (AvgIpc) is 2.47. The van der Waals surface area contributed by atoms with E-state index in [-0.39, 0.29) is 18.0 Å². The van der Waals surface area contributed by atoms with E-state index in [0.29, 0.717) is 5.75 Å². The molecular weight excluding hydrogens is 286 g/mol.